The number of imide groups is 1. The lowest BCUT2D eigenvalue weighted by molar-refractivity contribution is 0.0631. The lowest BCUT2D eigenvalue weighted by Crippen LogP contribution is -2.50. The highest BCUT2D eigenvalue weighted by Gasteiger charge is 2.37. The van der Waals surface area contributed by atoms with Gasteiger partial charge in [0.05, 0.1) is 17.2 Å². The highest BCUT2D eigenvalue weighted by atomic mass is 35.5. The monoisotopic (exact) mass is 457 g/mol. The minimum atomic E-state index is -0.181. The SMILES string of the molecule is O=C1c2ccccc2C(=O)N1CCN1CCN2c3ccc(Cl)cc3Cc3ccccc3[C@@H]2C1. The summed E-state index contributed by atoms with van der Waals surface area (Å²) in [5, 5.41) is 0.768. The number of piperazine rings is 1. The maximum absolute atomic E-state index is 12.7. The van der Waals surface area contributed by atoms with Gasteiger partial charge in [0.15, 0.2) is 0 Å². The molecule has 3 aliphatic heterocycles. The molecule has 1 saturated heterocycles. The predicted molar refractivity (Wildman–Crippen MR) is 129 cm³/mol. The van der Waals surface area contributed by atoms with E-state index in [4.69, 9.17) is 11.6 Å². The Labute approximate surface area is 198 Å². The largest absolute Gasteiger partial charge is 0.362 e. The standard InChI is InChI=1S/C27H24ClN3O2/c28-20-9-10-24-19(16-20)15-18-5-1-2-6-21(18)25-17-29(11-13-30(24)25)12-14-31-26(32)22-7-3-4-8-23(22)27(31)33/h1-10,16,25H,11-15,17H2/t25-/m0/s1. The molecule has 3 aromatic rings. The van der Waals surface area contributed by atoms with Gasteiger partial charge in [-0.05, 0) is 53.4 Å². The average molecular weight is 458 g/mol. The van der Waals surface area contributed by atoms with E-state index in [0.717, 1.165) is 31.1 Å². The van der Waals surface area contributed by atoms with Crippen LogP contribution >= 0.6 is 11.6 Å². The van der Waals surface area contributed by atoms with Gasteiger partial charge in [-0.2, -0.15) is 0 Å². The van der Waals surface area contributed by atoms with Crippen molar-refractivity contribution < 1.29 is 9.59 Å². The molecular formula is C27H24ClN3O2. The van der Waals surface area contributed by atoms with E-state index in [0.29, 0.717) is 24.2 Å². The number of amides is 2. The molecule has 0 spiro atoms. The van der Waals surface area contributed by atoms with Gasteiger partial charge in [-0.3, -0.25) is 19.4 Å². The molecule has 3 aromatic carbocycles. The van der Waals surface area contributed by atoms with Crippen molar-refractivity contribution in [3.8, 4) is 0 Å². The fourth-order valence-electron chi connectivity index (χ4n) is 5.48. The second-order valence-corrected chi connectivity index (χ2v) is 9.40. The smallest absolute Gasteiger partial charge is 0.261 e. The summed E-state index contributed by atoms with van der Waals surface area (Å²) in [7, 11) is 0. The third-order valence-electron chi connectivity index (χ3n) is 7.13. The van der Waals surface area contributed by atoms with Crippen molar-refractivity contribution in [1.82, 2.24) is 9.80 Å². The zero-order valence-corrected chi connectivity index (χ0v) is 19.0. The van der Waals surface area contributed by atoms with Crippen LogP contribution in [0.3, 0.4) is 0 Å². The third kappa shape index (κ3) is 3.43. The molecular weight excluding hydrogens is 434 g/mol. The van der Waals surface area contributed by atoms with Crippen LogP contribution in [-0.4, -0.2) is 54.3 Å². The average Bonchev–Trinajstić information content (AvgIpc) is 2.99. The number of fused-ring (bicyclic) bond motifs is 6. The van der Waals surface area contributed by atoms with Crippen LogP contribution in [0.25, 0.3) is 0 Å². The Hall–Kier alpha value is -3.15. The van der Waals surface area contributed by atoms with Crippen molar-refractivity contribution in [1.29, 1.82) is 0 Å². The molecule has 6 heteroatoms. The number of carbonyl (C=O) groups is 2. The Balaban J connectivity index is 1.24. The number of benzene rings is 3. The molecule has 1 atom stereocenters. The van der Waals surface area contributed by atoms with Crippen LogP contribution < -0.4 is 4.90 Å². The molecule has 0 aliphatic carbocycles. The molecule has 0 unspecified atom stereocenters. The molecule has 166 valence electrons. The van der Waals surface area contributed by atoms with Crippen LogP contribution in [0.2, 0.25) is 5.02 Å². The number of rotatable bonds is 3. The van der Waals surface area contributed by atoms with E-state index in [1.165, 1.54) is 27.3 Å². The lowest BCUT2D eigenvalue weighted by atomic mass is 9.96. The van der Waals surface area contributed by atoms with Crippen molar-refractivity contribution in [3.05, 3.63) is 99.6 Å². The summed E-state index contributed by atoms with van der Waals surface area (Å²) >= 11 is 6.33. The van der Waals surface area contributed by atoms with Gasteiger partial charge in [-0.1, -0.05) is 48.0 Å². The molecule has 33 heavy (non-hydrogen) atoms. The summed E-state index contributed by atoms with van der Waals surface area (Å²) in [6.45, 7) is 3.69. The number of nitrogens with zero attached hydrogens (tertiary/aromatic N) is 3. The molecule has 3 aliphatic rings. The first-order valence-electron chi connectivity index (χ1n) is 11.4. The predicted octanol–water partition coefficient (Wildman–Crippen LogP) is 4.40. The summed E-state index contributed by atoms with van der Waals surface area (Å²) in [4.78, 5) is 31.8. The van der Waals surface area contributed by atoms with E-state index in [1.54, 1.807) is 24.3 Å². The molecule has 6 rings (SSSR count). The molecule has 3 heterocycles. The maximum Gasteiger partial charge on any atom is 0.261 e. The highest BCUT2D eigenvalue weighted by molar-refractivity contribution is 6.30. The Kier molecular flexibility index (Phi) is 4.97. The zero-order valence-electron chi connectivity index (χ0n) is 18.2. The van der Waals surface area contributed by atoms with Gasteiger partial charge in [-0.25, -0.2) is 0 Å². The van der Waals surface area contributed by atoms with Gasteiger partial charge in [0.25, 0.3) is 11.8 Å². The molecule has 0 saturated carbocycles. The minimum Gasteiger partial charge on any atom is -0.362 e. The number of hydrogen-bond donors (Lipinski definition) is 0. The molecule has 0 bridgehead atoms. The van der Waals surface area contributed by atoms with Gasteiger partial charge < -0.3 is 4.90 Å². The summed E-state index contributed by atoms with van der Waals surface area (Å²) in [5.41, 5.74) is 6.21. The fourth-order valence-corrected chi connectivity index (χ4v) is 5.68. The van der Waals surface area contributed by atoms with E-state index in [-0.39, 0.29) is 17.9 Å². The third-order valence-corrected chi connectivity index (χ3v) is 7.36. The van der Waals surface area contributed by atoms with E-state index in [9.17, 15) is 9.59 Å². The van der Waals surface area contributed by atoms with Crippen molar-refractivity contribution >= 4 is 29.1 Å². The van der Waals surface area contributed by atoms with E-state index in [1.807, 2.05) is 6.07 Å². The zero-order chi connectivity index (χ0) is 22.5. The first-order chi connectivity index (χ1) is 16.1. The highest BCUT2D eigenvalue weighted by Crippen LogP contribution is 2.40. The van der Waals surface area contributed by atoms with Crippen molar-refractivity contribution in [2.75, 3.05) is 37.6 Å². The molecule has 0 aromatic heterocycles. The van der Waals surface area contributed by atoms with Crippen molar-refractivity contribution in [3.63, 3.8) is 0 Å². The number of anilines is 1. The van der Waals surface area contributed by atoms with Crippen LogP contribution in [0.15, 0.2) is 66.7 Å². The second-order valence-electron chi connectivity index (χ2n) is 8.97. The quantitative estimate of drug-likeness (QED) is 0.547. The van der Waals surface area contributed by atoms with Gasteiger partial charge in [0, 0.05) is 43.4 Å². The number of carbonyl (C=O) groups excluding carboxylic acids is 2. The maximum atomic E-state index is 12.7. The van der Waals surface area contributed by atoms with Gasteiger partial charge in [0.1, 0.15) is 0 Å². The van der Waals surface area contributed by atoms with E-state index >= 15 is 0 Å². The summed E-state index contributed by atoms with van der Waals surface area (Å²) in [6, 6.07) is 22.2. The van der Waals surface area contributed by atoms with Gasteiger partial charge in [-0.15, -0.1) is 0 Å². The molecule has 2 amide bonds. The number of hydrogen-bond acceptors (Lipinski definition) is 4. The Morgan fingerprint density at radius 3 is 2.33 bits per heavy atom. The summed E-state index contributed by atoms with van der Waals surface area (Å²) < 4.78 is 0. The lowest BCUT2D eigenvalue weighted by Gasteiger charge is -2.43. The van der Waals surface area contributed by atoms with Crippen LogP contribution in [0.1, 0.15) is 43.4 Å². The molecule has 5 nitrogen and oxygen atoms in total. The normalized spacial score (nSPS) is 19.6. The topological polar surface area (TPSA) is 43.9 Å². The van der Waals surface area contributed by atoms with E-state index in [2.05, 4.69) is 46.2 Å². The van der Waals surface area contributed by atoms with Crippen molar-refractivity contribution in [2.24, 2.45) is 0 Å². The van der Waals surface area contributed by atoms with Crippen LogP contribution in [-0.2, 0) is 6.42 Å². The van der Waals surface area contributed by atoms with Gasteiger partial charge >= 0.3 is 0 Å². The van der Waals surface area contributed by atoms with E-state index < -0.39 is 0 Å². The molecule has 0 radical (unpaired) electrons. The number of halogens is 1. The Morgan fingerprint density at radius 2 is 1.55 bits per heavy atom. The first kappa shape index (κ1) is 20.5. The Morgan fingerprint density at radius 1 is 0.818 bits per heavy atom. The van der Waals surface area contributed by atoms with Gasteiger partial charge in [0.2, 0.25) is 0 Å². The summed E-state index contributed by atoms with van der Waals surface area (Å²) in [6.07, 6.45) is 0.869. The second kappa shape index (κ2) is 8.01. The minimum absolute atomic E-state index is 0.181. The van der Waals surface area contributed by atoms with Crippen LogP contribution in [0.5, 0.6) is 0 Å². The fraction of sp³-hybridized carbons (Fsp3) is 0.259. The first-order valence-corrected chi connectivity index (χ1v) is 11.8. The van der Waals surface area contributed by atoms with Crippen LogP contribution in [0.4, 0.5) is 5.69 Å². The Bertz CT molecular complexity index is 1240. The summed E-state index contributed by atoms with van der Waals surface area (Å²) in [5.74, 6) is -0.361. The molecule has 1 fully saturated rings. The molecule has 0 N–H and O–H groups in total. The van der Waals surface area contributed by atoms with Crippen molar-refractivity contribution in [2.45, 2.75) is 12.5 Å². The van der Waals surface area contributed by atoms with Crippen LogP contribution in [0, 0.1) is 0 Å².